The van der Waals surface area contributed by atoms with Crippen molar-refractivity contribution in [2.45, 2.75) is 39.2 Å². The number of ether oxygens (including phenoxy) is 2. The number of benzene rings is 2. The van der Waals surface area contributed by atoms with Crippen LogP contribution in [-0.2, 0) is 19.7 Å². The summed E-state index contributed by atoms with van der Waals surface area (Å²) in [5, 5.41) is 0.451. The molecule has 2 aromatic carbocycles. The lowest BCUT2D eigenvalue weighted by Gasteiger charge is -2.25. The molecular weight excluding hydrogens is 496 g/mol. The Labute approximate surface area is 219 Å². The van der Waals surface area contributed by atoms with Crippen LogP contribution in [-0.4, -0.2) is 30.9 Å². The molecule has 1 aromatic heterocycles. The largest absolute Gasteiger partial charge is 0.460 e. The third-order valence-electron chi connectivity index (χ3n) is 6.04. The second kappa shape index (κ2) is 10.5. The number of hydrogen-bond acceptors (Lipinski definition) is 6. The summed E-state index contributed by atoms with van der Waals surface area (Å²) in [4.78, 5) is 32.0. The maximum Gasteiger partial charge on any atom is 0.338 e. The van der Waals surface area contributed by atoms with Crippen molar-refractivity contribution in [2.24, 2.45) is 4.99 Å². The maximum atomic E-state index is 13.7. The van der Waals surface area contributed by atoms with Gasteiger partial charge in [-0.05, 0) is 41.2 Å². The van der Waals surface area contributed by atoms with E-state index < -0.39 is 12.0 Å². The predicted molar refractivity (Wildman–Crippen MR) is 143 cm³/mol. The zero-order valence-corrected chi connectivity index (χ0v) is 22.6. The second-order valence-corrected chi connectivity index (χ2v) is 11.0. The van der Waals surface area contributed by atoms with Crippen molar-refractivity contribution in [3.63, 3.8) is 0 Å². The number of esters is 1. The first-order valence-corrected chi connectivity index (χ1v) is 12.8. The van der Waals surface area contributed by atoms with Crippen molar-refractivity contribution in [1.29, 1.82) is 0 Å². The molecular formula is C28H29ClN2O4S. The zero-order valence-electron chi connectivity index (χ0n) is 21.0. The Morgan fingerprint density at radius 1 is 1.14 bits per heavy atom. The first-order valence-electron chi connectivity index (χ1n) is 11.7. The molecule has 8 heteroatoms. The molecule has 36 heavy (non-hydrogen) atoms. The van der Waals surface area contributed by atoms with Gasteiger partial charge in [0.2, 0.25) is 0 Å². The molecule has 0 fully saturated rings. The summed E-state index contributed by atoms with van der Waals surface area (Å²) in [5.41, 5.74) is 3.34. The smallest absolute Gasteiger partial charge is 0.338 e. The van der Waals surface area contributed by atoms with Crippen molar-refractivity contribution >= 4 is 35.0 Å². The van der Waals surface area contributed by atoms with Crippen molar-refractivity contribution < 1.29 is 14.3 Å². The number of halogens is 1. The average Bonchev–Trinajstić information content (AvgIpc) is 3.13. The van der Waals surface area contributed by atoms with Crippen LogP contribution in [0.3, 0.4) is 0 Å². The highest BCUT2D eigenvalue weighted by molar-refractivity contribution is 7.07. The maximum absolute atomic E-state index is 13.7. The molecule has 3 aromatic rings. The van der Waals surface area contributed by atoms with E-state index in [1.54, 1.807) is 17.6 Å². The summed E-state index contributed by atoms with van der Waals surface area (Å²) in [6.45, 7) is 8.59. The van der Waals surface area contributed by atoms with Crippen LogP contribution in [0.4, 0.5) is 0 Å². The minimum absolute atomic E-state index is 0.0403. The molecule has 1 aliphatic heterocycles. The van der Waals surface area contributed by atoms with Gasteiger partial charge in [-0.25, -0.2) is 9.79 Å². The van der Waals surface area contributed by atoms with Gasteiger partial charge in [-0.3, -0.25) is 9.36 Å². The van der Waals surface area contributed by atoms with Gasteiger partial charge in [0.15, 0.2) is 4.80 Å². The summed E-state index contributed by atoms with van der Waals surface area (Å²) >= 11 is 7.85. The van der Waals surface area contributed by atoms with E-state index in [0.717, 1.165) is 5.56 Å². The van der Waals surface area contributed by atoms with Crippen LogP contribution in [0.15, 0.2) is 69.6 Å². The molecule has 188 valence electrons. The summed E-state index contributed by atoms with van der Waals surface area (Å²) < 4.78 is 12.5. The molecule has 4 rings (SSSR count). The second-order valence-electron chi connectivity index (χ2n) is 9.60. The molecule has 1 atom stereocenters. The molecule has 0 N–H and O–H groups in total. The number of rotatable bonds is 6. The van der Waals surface area contributed by atoms with E-state index in [1.165, 1.54) is 24.0 Å². The van der Waals surface area contributed by atoms with E-state index in [-0.39, 0.29) is 29.8 Å². The minimum atomic E-state index is -0.754. The third-order valence-corrected chi connectivity index (χ3v) is 7.36. The minimum Gasteiger partial charge on any atom is -0.460 e. The fourth-order valence-electron chi connectivity index (χ4n) is 4.10. The van der Waals surface area contributed by atoms with Crippen LogP contribution in [0, 0.1) is 0 Å². The van der Waals surface area contributed by atoms with Gasteiger partial charge in [0, 0.05) is 12.1 Å². The van der Waals surface area contributed by atoms with Gasteiger partial charge in [-0.2, -0.15) is 0 Å². The number of methoxy groups -OCH3 is 1. The van der Waals surface area contributed by atoms with Gasteiger partial charge in [0.05, 0.1) is 22.4 Å². The first kappa shape index (κ1) is 26.1. The van der Waals surface area contributed by atoms with E-state index in [2.05, 4.69) is 37.9 Å². The Kier molecular flexibility index (Phi) is 7.64. The van der Waals surface area contributed by atoms with Crippen LogP contribution in [0.25, 0.3) is 6.08 Å². The number of hydrogen-bond donors (Lipinski definition) is 0. The number of allylic oxidation sites excluding steroid dienone is 1. The Balaban J connectivity index is 1.86. The number of carbonyl (C=O) groups is 1. The lowest BCUT2D eigenvalue weighted by Crippen LogP contribution is -2.40. The molecule has 0 saturated carbocycles. The summed E-state index contributed by atoms with van der Waals surface area (Å²) in [6.07, 6.45) is 1.86. The van der Waals surface area contributed by atoms with Gasteiger partial charge in [0.1, 0.15) is 12.6 Å². The van der Waals surface area contributed by atoms with Crippen LogP contribution in [0.5, 0.6) is 0 Å². The van der Waals surface area contributed by atoms with E-state index in [4.69, 9.17) is 21.1 Å². The van der Waals surface area contributed by atoms with E-state index in [1.807, 2.05) is 36.4 Å². The van der Waals surface area contributed by atoms with E-state index in [9.17, 15) is 9.59 Å². The van der Waals surface area contributed by atoms with Gasteiger partial charge >= 0.3 is 5.97 Å². The molecule has 0 amide bonds. The topological polar surface area (TPSA) is 69.9 Å². The summed E-state index contributed by atoms with van der Waals surface area (Å²) in [5.74, 6) is -0.551. The van der Waals surface area contributed by atoms with Crippen LogP contribution >= 0.6 is 22.9 Å². The number of thiazole rings is 1. The fraction of sp³-hybridized carbons (Fsp3) is 0.321. The van der Waals surface area contributed by atoms with Crippen molar-refractivity contribution in [3.8, 4) is 0 Å². The lowest BCUT2D eigenvalue weighted by molar-refractivity contribution is -0.140. The Bertz CT molecular complexity index is 1490. The molecule has 1 aliphatic rings. The van der Waals surface area contributed by atoms with Crippen LogP contribution in [0.2, 0.25) is 5.02 Å². The normalized spacial score (nSPS) is 16.1. The van der Waals surface area contributed by atoms with E-state index >= 15 is 0 Å². The number of aromatic nitrogens is 1. The summed E-state index contributed by atoms with van der Waals surface area (Å²) in [7, 11) is 1.53. The molecule has 0 spiro atoms. The zero-order chi connectivity index (χ0) is 26.0. The Morgan fingerprint density at radius 3 is 2.47 bits per heavy atom. The molecule has 6 nitrogen and oxygen atoms in total. The first-order chi connectivity index (χ1) is 17.1. The highest BCUT2D eigenvalue weighted by Crippen LogP contribution is 2.34. The number of carbonyl (C=O) groups excluding carboxylic acids is 1. The van der Waals surface area contributed by atoms with Crippen molar-refractivity contribution in [1.82, 2.24) is 4.57 Å². The van der Waals surface area contributed by atoms with Gasteiger partial charge < -0.3 is 9.47 Å². The number of nitrogens with zero attached hydrogens (tertiary/aromatic N) is 2. The quantitative estimate of drug-likeness (QED) is 0.354. The molecule has 0 bridgehead atoms. The molecule has 0 saturated heterocycles. The average molecular weight is 525 g/mol. The molecule has 0 radical (unpaired) electrons. The Morgan fingerprint density at radius 2 is 1.83 bits per heavy atom. The SMILES string of the molecule is COCCOC(=O)C1=C(C)N=c2sc(=Cc3ccc(C(C)(C)C)cc3)c(=O)n2C1c1ccccc1Cl. The third kappa shape index (κ3) is 5.24. The highest BCUT2D eigenvalue weighted by Gasteiger charge is 2.34. The van der Waals surface area contributed by atoms with E-state index in [0.29, 0.717) is 25.6 Å². The highest BCUT2D eigenvalue weighted by atomic mass is 35.5. The molecule has 2 heterocycles. The molecule has 0 aliphatic carbocycles. The van der Waals surface area contributed by atoms with Gasteiger partial charge in [-0.1, -0.05) is 86.2 Å². The Hall–Kier alpha value is -3.00. The predicted octanol–water partition coefficient (Wildman–Crippen LogP) is 4.38. The standard InChI is InChI=1S/C28H29ClN2O4S/c1-17-23(26(33)35-15-14-34-5)24(20-8-6-7-9-21(20)29)31-25(32)22(36-27(31)30-17)16-18-10-12-19(13-11-18)28(2,3)4/h6-13,16,24H,14-15H2,1-5H3. The van der Waals surface area contributed by atoms with Crippen molar-refractivity contribution in [3.05, 3.63) is 101 Å². The lowest BCUT2D eigenvalue weighted by atomic mass is 9.87. The number of fused-ring (bicyclic) bond motifs is 1. The molecule has 1 unspecified atom stereocenters. The van der Waals surface area contributed by atoms with Gasteiger partial charge in [0.25, 0.3) is 5.56 Å². The van der Waals surface area contributed by atoms with Crippen LogP contribution in [0.1, 0.15) is 50.4 Å². The fourth-order valence-corrected chi connectivity index (χ4v) is 5.39. The monoisotopic (exact) mass is 524 g/mol. The van der Waals surface area contributed by atoms with Gasteiger partial charge in [-0.15, -0.1) is 0 Å². The van der Waals surface area contributed by atoms with Crippen LogP contribution < -0.4 is 14.9 Å². The van der Waals surface area contributed by atoms with Crippen molar-refractivity contribution in [2.75, 3.05) is 20.3 Å². The summed E-state index contributed by atoms with van der Waals surface area (Å²) in [6, 6.07) is 14.6.